The van der Waals surface area contributed by atoms with Crippen LogP contribution >= 0.6 is 0 Å². The van der Waals surface area contributed by atoms with E-state index in [1.165, 1.54) is 47.1 Å². The smallest absolute Gasteiger partial charge is 0.123 e. The molecular formula is C23H25FN2O. The highest BCUT2D eigenvalue weighted by molar-refractivity contribution is 5.86. The number of hydrogen-bond acceptors (Lipinski definition) is 2. The second kappa shape index (κ2) is 5.91. The van der Waals surface area contributed by atoms with E-state index in [1.54, 1.807) is 12.1 Å². The molecule has 1 fully saturated rings. The van der Waals surface area contributed by atoms with Gasteiger partial charge in [-0.05, 0) is 56.1 Å². The molecule has 2 bridgehead atoms. The molecule has 5 rings (SSSR count). The molecular weight excluding hydrogens is 339 g/mol. The summed E-state index contributed by atoms with van der Waals surface area (Å²) < 4.78 is 15.6. The molecule has 3 nitrogen and oxygen atoms in total. The molecule has 3 heterocycles. The number of halogens is 1. The first-order chi connectivity index (χ1) is 13.0. The highest BCUT2D eigenvalue weighted by atomic mass is 19.1. The van der Waals surface area contributed by atoms with E-state index in [-0.39, 0.29) is 5.82 Å². The van der Waals surface area contributed by atoms with E-state index in [9.17, 15) is 9.50 Å². The second-order valence-corrected chi connectivity index (χ2v) is 8.36. The number of nitrogens with zero attached hydrogens (tertiary/aromatic N) is 2. The molecule has 0 spiro atoms. The quantitative estimate of drug-likeness (QED) is 0.747. The summed E-state index contributed by atoms with van der Waals surface area (Å²) in [6.45, 7) is 2.29. The number of para-hydroxylation sites is 1. The van der Waals surface area contributed by atoms with E-state index >= 15 is 0 Å². The van der Waals surface area contributed by atoms with Gasteiger partial charge in [0.05, 0.1) is 6.54 Å². The number of hydrogen-bond donors (Lipinski definition) is 1. The first-order valence-corrected chi connectivity index (χ1v) is 9.76. The van der Waals surface area contributed by atoms with Gasteiger partial charge in [-0.3, -0.25) is 4.90 Å². The summed E-state index contributed by atoms with van der Waals surface area (Å²) in [4.78, 5) is 2.53. The van der Waals surface area contributed by atoms with Crippen LogP contribution in [0.5, 0.6) is 0 Å². The number of aliphatic hydroxyl groups is 1. The Hall–Kier alpha value is -2.17. The fourth-order valence-electron chi connectivity index (χ4n) is 5.19. The molecule has 1 aromatic heterocycles. The van der Waals surface area contributed by atoms with Crippen LogP contribution in [0.1, 0.15) is 42.6 Å². The van der Waals surface area contributed by atoms with Crippen LogP contribution in [-0.2, 0) is 18.6 Å². The third-order valence-electron chi connectivity index (χ3n) is 6.66. The van der Waals surface area contributed by atoms with Gasteiger partial charge in [-0.2, -0.15) is 0 Å². The summed E-state index contributed by atoms with van der Waals surface area (Å²) in [6.07, 6.45) is 3.46. The van der Waals surface area contributed by atoms with Crippen LogP contribution < -0.4 is 0 Å². The maximum absolute atomic E-state index is 13.3. The van der Waals surface area contributed by atoms with Crippen LogP contribution in [0.25, 0.3) is 10.9 Å². The van der Waals surface area contributed by atoms with Crippen LogP contribution in [0.4, 0.5) is 4.39 Å². The Morgan fingerprint density at radius 2 is 1.85 bits per heavy atom. The maximum atomic E-state index is 13.3. The zero-order chi connectivity index (χ0) is 18.8. The number of benzene rings is 2. The van der Waals surface area contributed by atoms with Gasteiger partial charge in [0.1, 0.15) is 11.4 Å². The van der Waals surface area contributed by atoms with Gasteiger partial charge in [0, 0.05) is 35.1 Å². The number of rotatable bonds is 3. The zero-order valence-electron chi connectivity index (χ0n) is 15.8. The molecule has 27 heavy (non-hydrogen) atoms. The lowest BCUT2D eigenvalue weighted by Gasteiger charge is -2.33. The molecule has 0 saturated carbocycles. The minimum atomic E-state index is -1.06. The monoisotopic (exact) mass is 364 g/mol. The zero-order valence-corrected chi connectivity index (χ0v) is 15.8. The van der Waals surface area contributed by atoms with Crippen LogP contribution in [0, 0.1) is 5.82 Å². The largest absolute Gasteiger partial charge is 0.384 e. The summed E-state index contributed by atoms with van der Waals surface area (Å²) in [5.74, 6) is -0.280. The van der Waals surface area contributed by atoms with Crippen molar-refractivity contribution in [3.63, 3.8) is 0 Å². The Morgan fingerprint density at radius 3 is 2.63 bits per heavy atom. The highest BCUT2D eigenvalue weighted by Crippen LogP contribution is 2.47. The lowest BCUT2D eigenvalue weighted by atomic mass is 9.95. The molecule has 0 radical (unpaired) electrons. The first kappa shape index (κ1) is 17.0. The van der Waals surface area contributed by atoms with Crippen molar-refractivity contribution >= 4 is 10.9 Å². The summed E-state index contributed by atoms with van der Waals surface area (Å²) in [7, 11) is 2.24. The van der Waals surface area contributed by atoms with Crippen molar-refractivity contribution in [1.82, 2.24) is 9.47 Å². The molecule has 140 valence electrons. The topological polar surface area (TPSA) is 28.4 Å². The molecule has 4 heteroatoms. The molecule has 1 N–H and O–H groups in total. The van der Waals surface area contributed by atoms with Gasteiger partial charge in [0.15, 0.2) is 0 Å². The Kier molecular flexibility index (Phi) is 3.72. The Labute approximate surface area is 159 Å². The Morgan fingerprint density at radius 1 is 1.11 bits per heavy atom. The van der Waals surface area contributed by atoms with Gasteiger partial charge in [-0.1, -0.05) is 30.3 Å². The van der Waals surface area contributed by atoms with Crippen molar-refractivity contribution in [2.45, 2.75) is 50.4 Å². The molecule has 1 saturated heterocycles. The molecule has 3 aromatic rings. The minimum Gasteiger partial charge on any atom is -0.384 e. The first-order valence-electron chi connectivity index (χ1n) is 9.76. The predicted octanol–water partition coefficient (Wildman–Crippen LogP) is 4.38. The molecule has 0 aliphatic carbocycles. The second-order valence-electron chi connectivity index (χ2n) is 8.36. The van der Waals surface area contributed by atoms with Gasteiger partial charge in [-0.25, -0.2) is 4.39 Å². The van der Waals surface area contributed by atoms with Gasteiger partial charge >= 0.3 is 0 Å². The molecule has 2 aliphatic heterocycles. The van der Waals surface area contributed by atoms with Crippen molar-refractivity contribution in [2.75, 3.05) is 7.05 Å². The third kappa shape index (κ3) is 2.54. The molecule has 3 atom stereocenters. The molecule has 0 amide bonds. The number of likely N-dealkylation sites (N-methyl/N-ethyl adjacent to an activating group) is 1. The SMILES string of the molecule is CN1[C@@H]2CC[C@H]1c1c(n(CC(C)(O)c3ccc(F)cc3)c3ccccc13)C2. The molecule has 2 aliphatic rings. The Bertz CT molecular complexity index is 1010. The van der Waals surface area contributed by atoms with E-state index in [0.717, 1.165) is 12.0 Å². The standard InChI is InChI=1S/C23H25FN2O/c1-23(27,15-7-9-16(24)10-8-15)14-26-19-6-4-3-5-18(19)22-20-12-11-17(25(20)2)13-21(22)26/h3-10,17,20,27H,11-14H2,1-2H3/t17-,20+,23?/m1/s1. The summed E-state index contributed by atoms with van der Waals surface area (Å²) in [6, 6.07) is 15.8. The summed E-state index contributed by atoms with van der Waals surface area (Å²) in [5, 5.41) is 12.6. The van der Waals surface area contributed by atoms with Gasteiger partial charge < -0.3 is 9.67 Å². The van der Waals surface area contributed by atoms with Crippen LogP contribution in [0.2, 0.25) is 0 Å². The lowest BCUT2D eigenvalue weighted by molar-refractivity contribution is 0.0381. The Balaban J connectivity index is 1.64. The maximum Gasteiger partial charge on any atom is 0.123 e. The van der Waals surface area contributed by atoms with Gasteiger partial charge in [0.2, 0.25) is 0 Å². The minimum absolute atomic E-state index is 0.280. The average molecular weight is 364 g/mol. The average Bonchev–Trinajstić information content (AvgIpc) is 3.06. The molecule has 2 aromatic carbocycles. The summed E-state index contributed by atoms with van der Waals surface area (Å²) in [5.41, 5.74) is 3.67. The van der Waals surface area contributed by atoms with Crippen molar-refractivity contribution in [1.29, 1.82) is 0 Å². The van der Waals surface area contributed by atoms with Crippen molar-refractivity contribution < 1.29 is 9.50 Å². The van der Waals surface area contributed by atoms with Gasteiger partial charge in [-0.15, -0.1) is 0 Å². The predicted molar refractivity (Wildman–Crippen MR) is 105 cm³/mol. The van der Waals surface area contributed by atoms with E-state index in [4.69, 9.17) is 0 Å². The van der Waals surface area contributed by atoms with Crippen LogP contribution in [0.15, 0.2) is 48.5 Å². The lowest BCUT2D eigenvalue weighted by Crippen LogP contribution is -2.36. The highest BCUT2D eigenvalue weighted by Gasteiger charge is 2.41. The van der Waals surface area contributed by atoms with Crippen molar-refractivity contribution in [3.05, 3.63) is 71.2 Å². The fourth-order valence-corrected chi connectivity index (χ4v) is 5.19. The normalized spacial score (nSPS) is 24.1. The van der Waals surface area contributed by atoms with Crippen molar-refractivity contribution in [3.8, 4) is 0 Å². The fraction of sp³-hybridized carbons (Fsp3) is 0.391. The van der Waals surface area contributed by atoms with E-state index in [1.807, 2.05) is 6.92 Å². The van der Waals surface area contributed by atoms with Crippen molar-refractivity contribution in [2.24, 2.45) is 0 Å². The number of fused-ring (bicyclic) bond motifs is 6. The molecule has 1 unspecified atom stereocenters. The van der Waals surface area contributed by atoms with Gasteiger partial charge in [0.25, 0.3) is 0 Å². The third-order valence-corrected chi connectivity index (χ3v) is 6.66. The van der Waals surface area contributed by atoms with E-state index in [0.29, 0.717) is 18.6 Å². The summed E-state index contributed by atoms with van der Waals surface area (Å²) >= 11 is 0. The van der Waals surface area contributed by atoms with Crippen LogP contribution in [-0.4, -0.2) is 27.7 Å². The van der Waals surface area contributed by atoms with E-state index in [2.05, 4.69) is 40.8 Å². The van der Waals surface area contributed by atoms with E-state index < -0.39 is 5.60 Å². The van der Waals surface area contributed by atoms with Crippen LogP contribution in [0.3, 0.4) is 0 Å². The number of aromatic nitrogens is 1.